The molecular weight excluding hydrogens is 388 g/mol. The van der Waals surface area contributed by atoms with E-state index in [4.69, 9.17) is 9.84 Å². The highest BCUT2D eigenvalue weighted by Crippen LogP contribution is 2.37. The van der Waals surface area contributed by atoms with Gasteiger partial charge in [-0.1, -0.05) is 0 Å². The average Bonchev–Trinajstić information content (AvgIpc) is 3.37. The number of ether oxygens (including phenoxy) is 1. The Kier molecular flexibility index (Phi) is 5.06. The molecule has 8 heteroatoms. The summed E-state index contributed by atoms with van der Waals surface area (Å²) in [5, 5.41) is 7.83. The van der Waals surface area contributed by atoms with Gasteiger partial charge >= 0.3 is 0 Å². The monoisotopic (exact) mass is 414 g/mol. The first kappa shape index (κ1) is 19.8. The zero-order valence-electron chi connectivity index (χ0n) is 17.2. The quantitative estimate of drug-likeness (QED) is 0.830. The van der Waals surface area contributed by atoms with E-state index in [2.05, 4.69) is 26.1 Å². The zero-order valence-corrected chi connectivity index (χ0v) is 18.0. The molecule has 7 nitrogen and oxygen atoms in total. The van der Waals surface area contributed by atoms with Crippen molar-refractivity contribution in [2.75, 3.05) is 23.9 Å². The topological polar surface area (TPSA) is 76.5 Å². The molecule has 1 saturated heterocycles. The second kappa shape index (κ2) is 7.40. The molecule has 1 unspecified atom stereocenters. The number of carbonyl (C=O) groups excluding carboxylic acids is 2. The van der Waals surface area contributed by atoms with Crippen LogP contribution in [0.25, 0.3) is 0 Å². The van der Waals surface area contributed by atoms with Crippen LogP contribution >= 0.6 is 11.8 Å². The minimum absolute atomic E-state index is 0.0413. The zero-order chi connectivity index (χ0) is 20.8. The fourth-order valence-electron chi connectivity index (χ4n) is 3.74. The number of nitrogens with one attached hydrogen (secondary N) is 1. The molecule has 1 aromatic heterocycles. The van der Waals surface area contributed by atoms with Crippen molar-refractivity contribution in [1.29, 1.82) is 0 Å². The van der Waals surface area contributed by atoms with Gasteiger partial charge in [0.1, 0.15) is 11.6 Å². The van der Waals surface area contributed by atoms with Gasteiger partial charge in [0, 0.05) is 35.7 Å². The van der Waals surface area contributed by atoms with Crippen LogP contribution in [-0.4, -0.2) is 35.2 Å². The van der Waals surface area contributed by atoms with Crippen LogP contribution in [0.5, 0.6) is 5.75 Å². The largest absolute Gasteiger partial charge is 0.497 e. The number of methoxy groups -OCH3 is 1. The van der Waals surface area contributed by atoms with Crippen LogP contribution in [0.15, 0.2) is 24.3 Å². The summed E-state index contributed by atoms with van der Waals surface area (Å²) in [7, 11) is 1.61. The van der Waals surface area contributed by atoms with Crippen LogP contribution in [0.2, 0.25) is 0 Å². The molecule has 0 aliphatic carbocycles. The van der Waals surface area contributed by atoms with Gasteiger partial charge in [-0.25, -0.2) is 4.68 Å². The number of anilines is 2. The first-order valence-corrected chi connectivity index (χ1v) is 10.9. The summed E-state index contributed by atoms with van der Waals surface area (Å²) in [6.07, 6.45) is 0.207. The van der Waals surface area contributed by atoms with Crippen molar-refractivity contribution in [2.24, 2.45) is 5.92 Å². The first-order chi connectivity index (χ1) is 13.8. The van der Waals surface area contributed by atoms with Crippen LogP contribution in [0.1, 0.15) is 38.4 Å². The maximum atomic E-state index is 13.1. The third-order valence-electron chi connectivity index (χ3n) is 5.31. The van der Waals surface area contributed by atoms with Crippen LogP contribution in [0.3, 0.4) is 0 Å². The lowest BCUT2D eigenvalue weighted by atomic mass is 10.1. The number of carbonyl (C=O) groups is 2. The highest BCUT2D eigenvalue weighted by molar-refractivity contribution is 7.98. The molecule has 1 fully saturated rings. The summed E-state index contributed by atoms with van der Waals surface area (Å²) in [4.78, 5) is 27.3. The number of hydrogen-bond acceptors (Lipinski definition) is 5. The molecule has 2 aliphatic rings. The number of benzene rings is 1. The van der Waals surface area contributed by atoms with Crippen LogP contribution in [0.4, 0.5) is 11.5 Å². The van der Waals surface area contributed by atoms with Gasteiger partial charge in [-0.05, 0) is 45.0 Å². The van der Waals surface area contributed by atoms with Gasteiger partial charge in [-0.15, -0.1) is 0 Å². The Bertz CT molecular complexity index is 946. The predicted molar refractivity (Wildman–Crippen MR) is 114 cm³/mol. The molecule has 1 atom stereocenters. The summed E-state index contributed by atoms with van der Waals surface area (Å²) >= 11 is 1.80. The van der Waals surface area contributed by atoms with E-state index in [0.717, 1.165) is 40.0 Å². The van der Waals surface area contributed by atoms with Crippen molar-refractivity contribution in [3.05, 3.63) is 35.5 Å². The number of nitrogens with zero attached hydrogens (tertiary/aromatic N) is 3. The van der Waals surface area contributed by atoms with Gasteiger partial charge in [-0.3, -0.25) is 9.59 Å². The maximum Gasteiger partial charge on any atom is 0.230 e. The number of hydrogen-bond donors (Lipinski definition) is 1. The molecule has 3 heterocycles. The average molecular weight is 415 g/mol. The lowest BCUT2D eigenvalue weighted by Gasteiger charge is -2.24. The van der Waals surface area contributed by atoms with E-state index in [1.165, 1.54) is 0 Å². The molecule has 2 aromatic rings. The van der Waals surface area contributed by atoms with Crippen molar-refractivity contribution >= 4 is 35.1 Å². The van der Waals surface area contributed by atoms with Gasteiger partial charge in [-0.2, -0.15) is 16.9 Å². The number of thioether (sulfide) groups is 1. The van der Waals surface area contributed by atoms with Crippen LogP contribution < -0.4 is 15.0 Å². The fraction of sp³-hybridized carbons (Fsp3) is 0.476. The maximum absolute atomic E-state index is 13.1. The van der Waals surface area contributed by atoms with E-state index in [0.29, 0.717) is 6.54 Å². The van der Waals surface area contributed by atoms with Crippen LogP contribution in [-0.2, 0) is 26.6 Å². The van der Waals surface area contributed by atoms with E-state index in [-0.39, 0.29) is 23.8 Å². The lowest BCUT2D eigenvalue weighted by molar-refractivity contribution is -0.122. The van der Waals surface area contributed by atoms with E-state index in [9.17, 15) is 9.59 Å². The second-order valence-corrected chi connectivity index (χ2v) is 9.43. The normalized spacial score (nSPS) is 18.8. The molecular formula is C21H26N4O3S. The first-order valence-electron chi connectivity index (χ1n) is 9.72. The Labute approximate surface area is 174 Å². The van der Waals surface area contributed by atoms with Gasteiger partial charge in [0.05, 0.1) is 24.3 Å². The fourth-order valence-corrected chi connectivity index (χ4v) is 4.78. The van der Waals surface area contributed by atoms with Crippen molar-refractivity contribution in [3.8, 4) is 5.75 Å². The highest BCUT2D eigenvalue weighted by atomic mass is 32.2. The van der Waals surface area contributed by atoms with Gasteiger partial charge in [0.15, 0.2) is 0 Å². The molecule has 0 saturated carbocycles. The SMILES string of the molecule is COc1ccc(N2CC(C(=O)Nc3c4c(nn3C(C)(C)C)CSC4)CC2=O)cc1. The standard InChI is InChI=1S/C21H26N4O3S/c1-21(2,3)25-19(16-11-29-12-17(16)23-25)22-20(27)13-9-18(26)24(10-13)14-5-7-15(28-4)8-6-14/h5-8,13H,9-12H2,1-4H3,(H,22,27). The van der Waals surface area contributed by atoms with Gasteiger partial charge in [0.25, 0.3) is 0 Å². The Morgan fingerprint density at radius 1 is 1.24 bits per heavy atom. The molecule has 1 aromatic carbocycles. The lowest BCUT2D eigenvalue weighted by Crippen LogP contribution is -2.31. The summed E-state index contributed by atoms with van der Waals surface area (Å²) in [5.74, 6) is 2.67. The van der Waals surface area contributed by atoms with E-state index in [1.807, 2.05) is 28.9 Å². The highest BCUT2D eigenvalue weighted by Gasteiger charge is 2.37. The van der Waals surface area contributed by atoms with Crippen molar-refractivity contribution in [3.63, 3.8) is 0 Å². The summed E-state index contributed by atoms with van der Waals surface area (Å²) < 4.78 is 7.08. The molecule has 2 aliphatic heterocycles. The Balaban J connectivity index is 1.52. The number of aromatic nitrogens is 2. The van der Waals surface area contributed by atoms with Gasteiger partial charge < -0.3 is 15.0 Å². The molecule has 4 rings (SSSR count). The second-order valence-electron chi connectivity index (χ2n) is 8.44. The molecule has 154 valence electrons. The molecule has 0 radical (unpaired) electrons. The van der Waals surface area contributed by atoms with Crippen molar-refractivity contribution < 1.29 is 14.3 Å². The summed E-state index contributed by atoms with van der Waals surface area (Å²) in [6, 6.07) is 7.32. The van der Waals surface area contributed by atoms with E-state index >= 15 is 0 Å². The van der Waals surface area contributed by atoms with Crippen molar-refractivity contribution in [2.45, 2.75) is 44.2 Å². The Morgan fingerprint density at radius 3 is 2.62 bits per heavy atom. The molecule has 0 spiro atoms. The minimum atomic E-state index is -0.391. The molecule has 2 amide bonds. The van der Waals surface area contributed by atoms with Crippen LogP contribution in [0, 0.1) is 5.92 Å². The third-order valence-corrected chi connectivity index (χ3v) is 6.28. The third kappa shape index (κ3) is 3.73. The number of rotatable bonds is 4. The van der Waals surface area contributed by atoms with E-state index in [1.54, 1.807) is 23.8 Å². The smallest absolute Gasteiger partial charge is 0.230 e. The van der Waals surface area contributed by atoms with Crippen molar-refractivity contribution in [1.82, 2.24) is 9.78 Å². The Hall–Kier alpha value is -2.48. The summed E-state index contributed by atoms with van der Waals surface area (Å²) in [5.41, 5.74) is 2.69. The van der Waals surface area contributed by atoms with Gasteiger partial charge in [0.2, 0.25) is 11.8 Å². The number of fused-ring (bicyclic) bond motifs is 1. The molecule has 0 bridgehead atoms. The number of amides is 2. The Morgan fingerprint density at radius 2 is 1.97 bits per heavy atom. The molecule has 1 N–H and O–H groups in total. The molecule has 29 heavy (non-hydrogen) atoms. The predicted octanol–water partition coefficient (Wildman–Crippen LogP) is 3.39. The minimum Gasteiger partial charge on any atom is -0.497 e. The summed E-state index contributed by atoms with van der Waals surface area (Å²) in [6.45, 7) is 6.59. The van der Waals surface area contributed by atoms with E-state index < -0.39 is 5.92 Å².